The molecule has 1 aliphatic heterocycles. The van der Waals surface area contributed by atoms with Crippen LogP contribution in [0.5, 0.6) is 0 Å². The minimum Gasteiger partial charge on any atom is -0.452 e. The number of ether oxygens (including phenoxy) is 1. The number of hydrogen-bond acceptors (Lipinski definition) is 4. The molecule has 1 fully saturated rings. The number of anilines is 1. The van der Waals surface area contributed by atoms with Gasteiger partial charge in [-0.15, -0.1) is 0 Å². The molecular formula is C19H19ClN2O3. The van der Waals surface area contributed by atoms with E-state index in [4.69, 9.17) is 16.3 Å². The van der Waals surface area contributed by atoms with Crippen LogP contribution in [0.1, 0.15) is 10.4 Å². The molecule has 0 unspecified atom stereocenters. The van der Waals surface area contributed by atoms with Gasteiger partial charge in [0.1, 0.15) is 0 Å². The summed E-state index contributed by atoms with van der Waals surface area (Å²) in [5.74, 6) is -0.769. The number of amides is 1. The molecular weight excluding hydrogens is 340 g/mol. The molecule has 0 atom stereocenters. The van der Waals surface area contributed by atoms with Crippen molar-refractivity contribution in [1.29, 1.82) is 0 Å². The molecule has 1 aliphatic rings. The molecule has 0 aromatic heterocycles. The molecule has 6 heteroatoms. The lowest BCUT2D eigenvalue weighted by atomic mass is 10.2. The molecule has 2 aromatic rings. The minimum absolute atomic E-state index is 0.187. The van der Waals surface area contributed by atoms with Crippen molar-refractivity contribution >= 4 is 29.2 Å². The monoisotopic (exact) mass is 358 g/mol. The van der Waals surface area contributed by atoms with Crippen LogP contribution in [0, 0.1) is 0 Å². The van der Waals surface area contributed by atoms with Crippen molar-refractivity contribution in [3.63, 3.8) is 0 Å². The summed E-state index contributed by atoms with van der Waals surface area (Å²) >= 11 is 5.96. The van der Waals surface area contributed by atoms with Crippen LogP contribution in [0.25, 0.3) is 0 Å². The maximum atomic E-state index is 12.3. The fourth-order valence-electron chi connectivity index (χ4n) is 2.78. The van der Waals surface area contributed by atoms with Gasteiger partial charge in [-0.1, -0.05) is 41.9 Å². The Morgan fingerprint density at radius 3 is 2.24 bits per heavy atom. The number of hydrogen-bond donors (Lipinski definition) is 0. The first-order valence-electron chi connectivity index (χ1n) is 8.14. The minimum atomic E-state index is -0.582. The molecule has 0 aliphatic carbocycles. The van der Waals surface area contributed by atoms with Crippen molar-refractivity contribution in [3.05, 3.63) is 65.2 Å². The maximum absolute atomic E-state index is 12.3. The second-order valence-electron chi connectivity index (χ2n) is 5.76. The molecule has 0 bridgehead atoms. The quantitative estimate of drug-likeness (QED) is 0.789. The zero-order valence-corrected chi connectivity index (χ0v) is 14.5. The number of para-hydroxylation sites is 1. The van der Waals surface area contributed by atoms with Crippen LogP contribution in [0.2, 0.25) is 5.02 Å². The summed E-state index contributed by atoms with van der Waals surface area (Å²) in [7, 11) is 0. The summed E-state index contributed by atoms with van der Waals surface area (Å²) in [6.45, 7) is 2.46. The van der Waals surface area contributed by atoms with Gasteiger partial charge in [-0.25, -0.2) is 4.79 Å². The average molecular weight is 359 g/mol. The zero-order valence-electron chi connectivity index (χ0n) is 13.7. The average Bonchev–Trinajstić information content (AvgIpc) is 2.67. The summed E-state index contributed by atoms with van der Waals surface area (Å²) in [4.78, 5) is 28.2. The molecule has 130 valence electrons. The molecule has 1 heterocycles. The highest BCUT2D eigenvalue weighted by Gasteiger charge is 2.22. The van der Waals surface area contributed by atoms with Crippen molar-refractivity contribution in [3.8, 4) is 0 Å². The first kappa shape index (κ1) is 17.3. The van der Waals surface area contributed by atoms with Gasteiger partial charge in [-0.3, -0.25) is 4.79 Å². The van der Waals surface area contributed by atoms with Gasteiger partial charge in [0.15, 0.2) is 6.61 Å². The standard InChI is InChI=1S/C19H19ClN2O3/c20-17-9-5-4-8-16(17)19(24)25-14-18(23)22-12-10-21(11-13-22)15-6-2-1-3-7-15/h1-9H,10-14H2. The number of esters is 1. The predicted octanol–water partition coefficient (Wildman–Crippen LogP) is 2.85. The van der Waals surface area contributed by atoms with Gasteiger partial charge in [0.25, 0.3) is 5.91 Å². The zero-order chi connectivity index (χ0) is 17.6. The van der Waals surface area contributed by atoms with Crippen LogP contribution in [0.4, 0.5) is 5.69 Å². The largest absolute Gasteiger partial charge is 0.452 e. The van der Waals surface area contributed by atoms with E-state index >= 15 is 0 Å². The summed E-state index contributed by atoms with van der Waals surface area (Å²) < 4.78 is 5.11. The SMILES string of the molecule is O=C(OCC(=O)N1CCN(c2ccccc2)CC1)c1ccccc1Cl. The molecule has 5 nitrogen and oxygen atoms in total. The fraction of sp³-hybridized carbons (Fsp3) is 0.263. The van der Waals surface area contributed by atoms with Crippen LogP contribution in [0.3, 0.4) is 0 Å². The van der Waals surface area contributed by atoms with Crippen molar-refractivity contribution in [1.82, 2.24) is 4.90 Å². The third kappa shape index (κ3) is 4.31. The Bertz CT molecular complexity index is 743. The van der Waals surface area contributed by atoms with Crippen LogP contribution >= 0.6 is 11.6 Å². The highest BCUT2D eigenvalue weighted by molar-refractivity contribution is 6.33. The molecule has 0 N–H and O–H groups in total. The number of rotatable bonds is 4. The van der Waals surface area contributed by atoms with Crippen molar-refractivity contribution < 1.29 is 14.3 Å². The molecule has 2 aromatic carbocycles. The third-order valence-corrected chi connectivity index (χ3v) is 4.50. The Morgan fingerprint density at radius 1 is 0.920 bits per heavy atom. The number of benzene rings is 2. The highest BCUT2D eigenvalue weighted by Crippen LogP contribution is 2.17. The van der Waals surface area contributed by atoms with Crippen molar-refractivity contribution in [2.45, 2.75) is 0 Å². The Hall–Kier alpha value is -2.53. The van der Waals surface area contributed by atoms with E-state index in [2.05, 4.69) is 17.0 Å². The van der Waals surface area contributed by atoms with Gasteiger partial charge in [0.2, 0.25) is 0 Å². The Morgan fingerprint density at radius 2 is 1.56 bits per heavy atom. The summed E-state index contributed by atoms with van der Waals surface area (Å²) in [5, 5.41) is 0.316. The molecule has 0 radical (unpaired) electrons. The molecule has 1 saturated heterocycles. The third-order valence-electron chi connectivity index (χ3n) is 4.17. The van der Waals surface area contributed by atoms with Gasteiger partial charge >= 0.3 is 5.97 Å². The maximum Gasteiger partial charge on any atom is 0.340 e. The van der Waals surface area contributed by atoms with E-state index in [1.54, 1.807) is 29.2 Å². The van der Waals surface area contributed by atoms with Gasteiger partial charge in [-0.2, -0.15) is 0 Å². The second-order valence-corrected chi connectivity index (χ2v) is 6.17. The Kier molecular flexibility index (Phi) is 5.56. The molecule has 0 saturated carbocycles. The van der Waals surface area contributed by atoms with Gasteiger partial charge in [0.05, 0.1) is 10.6 Å². The summed E-state index contributed by atoms with van der Waals surface area (Å²) in [5.41, 5.74) is 1.42. The molecule has 1 amide bonds. The Labute approximate surface area is 151 Å². The second kappa shape index (κ2) is 8.03. The van der Waals surface area contributed by atoms with Gasteiger partial charge in [0, 0.05) is 31.9 Å². The Balaban J connectivity index is 1.48. The smallest absolute Gasteiger partial charge is 0.340 e. The lowest BCUT2D eigenvalue weighted by Crippen LogP contribution is -2.49. The highest BCUT2D eigenvalue weighted by atomic mass is 35.5. The summed E-state index contributed by atoms with van der Waals surface area (Å²) in [6, 6.07) is 16.7. The van der Waals surface area contributed by atoms with Crippen LogP contribution in [-0.4, -0.2) is 49.6 Å². The van der Waals surface area contributed by atoms with E-state index in [1.165, 1.54) is 0 Å². The van der Waals surface area contributed by atoms with Gasteiger partial charge in [-0.05, 0) is 24.3 Å². The normalized spacial score (nSPS) is 14.3. The van der Waals surface area contributed by atoms with Crippen molar-refractivity contribution in [2.75, 3.05) is 37.7 Å². The van der Waals surface area contributed by atoms with Crippen LogP contribution in [-0.2, 0) is 9.53 Å². The molecule has 0 spiro atoms. The topological polar surface area (TPSA) is 49.9 Å². The van der Waals surface area contributed by atoms with Crippen LogP contribution < -0.4 is 4.90 Å². The van der Waals surface area contributed by atoms with E-state index in [1.807, 2.05) is 18.2 Å². The van der Waals surface area contributed by atoms with E-state index in [9.17, 15) is 9.59 Å². The fourth-order valence-corrected chi connectivity index (χ4v) is 2.99. The summed E-state index contributed by atoms with van der Waals surface area (Å²) in [6.07, 6.45) is 0. The van der Waals surface area contributed by atoms with Crippen LogP contribution in [0.15, 0.2) is 54.6 Å². The first-order chi connectivity index (χ1) is 12.1. The number of halogens is 1. The van der Waals surface area contributed by atoms with E-state index in [-0.39, 0.29) is 18.1 Å². The van der Waals surface area contributed by atoms with Gasteiger partial charge < -0.3 is 14.5 Å². The van der Waals surface area contributed by atoms with E-state index in [0.717, 1.165) is 18.8 Å². The van der Waals surface area contributed by atoms with E-state index in [0.29, 0.717) is 18.1 Å². The lowest BCUT2D eigenvalue weighted by Gasteiger charge is -2.36. The number of carbonyl (C=O) groups is 2. The molecule has 3 rings (SSSR count). The predicted molar refractivity (Wildman–Crippen MR) is 97.0 cm³/mol. The van der Waals surface area contributed by atoms with Crippen molar-refractivity contribution in [2.24, 2.45) is 0 Å². The number of piperazine rings is 1. The number of carbonyl (C=O) groups excluding carboxylic acids is 2. The van der Waals surface area contributed by atoms with E-state index < -0.39 is 5.97 Å². The molecule has 25 heavy (non-hydrogen) atoms. The first-order valence-corrected chi connectivity index (χ1v) is 8.52. The lowest BCUT2D eigenvalue weighted by molar-refractivity contribution is -0.134. The number of nitrogens with zero attached hydrogens (tertiary/aromatic N) is 2.